The third kappa shape index (κ3) is 4.07. The topological polar surface area (TPSA) is 139 Å². The smallest absolute Gasteiger partial charge is 0.249 e. The Morgan fingerprint density at radius 1 is 1.38 bits per heavy atom. The van der Waals surface area contributed by atoms with E-state index in [1.165, 1.54) is 19.2 Å². The van der Waals surface area contributed by atoms with Gasteiger partial charge in [-0.15, -0.1) is 0 Å². The molecule has 1 rings (SSSR count). The van der Waals surface area contributed by atoms with Gasteiger partial charge in [0.05, 0.1) is 18.9 Å². The van der Waals surface area contributed by atoms with Gasteiger partial charge in [-0.1, -0.05) is 6.92 Å². The fourth-order valence-electron chi connectivity index (χ4n) is 1.58. The lowest BCUT2D eigenvalue weighted by atomic mass is 10.3. The van der Waals surface area contributed by atoms with Crippen LogP contribution < -0.4 is 14.6 Å². The molecule has 21 heavy (non-hydrogen) atoms. The minimum absolute atomic E-state index is 0.00669. The Kier molecular flexibility index (Phi) is 5.16. The minimum Gasteiger partial charge on any atom is -0.495 e. The average molecular weight is 333 g/mol. The van der Waals surface area contributed by atoms with E-state index >= 15 is 0 Å². The summed E-state index contributed by atoms with van der Waals surface area (Å²) in [7, 11) is -6.76. The molecule has 8 nitrogen and oxygen atoms in total. The third-order valence-corrected chi connectivity index (χ3v) is 5.26. The Hall–Kier alpha value is -1.83. The summed E-state index contributed by atoms with van der Waals surface area (Å²) >= 11 is 0. The van der Waals surface area contributed by atoms with E-state index in [4.69, 9.17) is 15.1 Å². The third-order valence-electron chi connectivity index (χ3n) is 2.62. The summed E-state index contributed by atoms with van der Waals surface area (Å²) in [5, 5.41) is 12.6. The monoisotopic (exact) mass is 333 g/mol. The van der Waals surface area contributed by atoms with E-state index in [-0.39, 0.29) is 22.8 Å². The molecule has 0 radical (unpaired) electrons. The van der Waals surface area contributed by atoms with Gasteiger partial charge in [-0.25, -0.2) is 22.0 Å². The van der Waals surface area contributed by atoms with Gasteiger partial charge in [-0.3, -0.25) is 4.72 Å². The number of methoxy groups -OCH3 is 1. The molecular formula is C11H15N3O5S2. The number of hydrogen-bond acceptors (Lipinski definition) is 6. The molecule has 116 valence electrons. The van der Waals surface area contributed by atoms with Gasteiger partial charge >= 0.3 is 0 Å². The summed E-state index contributed by atoms with van der Waals surface area (Å²) in [6.07, 6.45) is 0.101. The largest absolute Gasteiger partial charge is 0.495 e. The second-order valence-electron chi connectivity index (χ2n) is 4.08. The number of hydrogen-bond donors (Lipinski definition) is 2. The fraction of sp³-hybridized carbons (Fsp3) is 0.364. The number of anilines is 1. The molecule has 1 aromatic rings. The summed E-state index contributed by atoms with van der Waals surface area (Å²) in [4.78, 5) is -0.352. The average Bonchev–Trinajstić information content (AvgIpc) is 2.38. The molecule has 0 heterocycles. The fourth-order valence-corrected chi connectivity index (χ4v) is 3.48. The molecule has 0 aliphatic carbocycles. The Labute approximate surface area is 123 Å². The van der Waals surface area contributed by atoms with Gasteiger partial charge in [-0.05, 0) is 24.6 Å². The number of nitrogens with one attached hydrogen (secondary N) is 1. The standard InChI is InChI=1S/C11H15N3O5S2/c1-3-9(7-12)21(17,18)14-8-4-5-10(19-2)11(6-8)20(13,15)16/h4-6,9,14H,3H2,1-2H3,(H2,13,15,16). The lowest BCUT2D eigenvalue weighted by Gasteiger charge is -2.13. The maximum Gasteiger partial charge on any atom is 0.249 e. The molecule has 0 aliphatic rings. The van der Waals surface area contributed by atoms with E-state index < -0.39 is 25.3 Å². The SMILES string of the molecule is CCC(C#N)S(=O)(=O)Nc1ccc(OC)c(S(N)(=O)=O)c1. The van der Waals surface area contributed by atoms with E-state index in [2.05, 4.69) is 4.72 Å². The van der Waals surface area contributed by atoms with Crippen molar-refractivity contribution in [2.24, 2.45) is 5.14 Å². The number of nitriles is 1. The number of nitrogens with two attached hydrogens (primary N) is 1. The van der Waals surface area contributed by atoms with E-state index in [9.17, 15) is 16.8 Å². The number of rotatable bonds is 6. The highest BCUT2D eigenvalue weighted by molar-refractivity contribution is 7.93. The van der Waals surface area contributed by atoms with Crippen LogP contribution >= 0.6 is 0 Å². The second kappa shape index (κ2) is 6.30. The normalized spacial score (nSPS) is 13.2. The molecule has 1 atom stereocenters. The van der Waals surface area contributed by atoms with Crippen molar-refractivity contribution in [2.45, 2.75) is 23.5 Å². The summed E-state index contributed by atoms with van der Waals surface area (Å²) in [5.74, 6) is -0.00669. The molecule has 0 spiro atoms. The first-order chi connectivity index (χ1) is 9.65. The number of sulfonamides is 2. The molecule has 0 amide bonds. The minimum atomic E-state index is -4.08. The lowest BCUT2D eigenvalue weighted by molar-refractivity contribution is 0.403. The molecule has 0 aliphatic heterocycles. The maximum atomic E-state index is 11.9. The zero-order valence-corrected chi connectivity index (χ0v) is 13.0. The van der Waals surface area contributed by atoms with Gasteiger partial charge in [0.15, 0.2) is 5.25 Å². The Morgan fingerprint density at radius 2 is 2.00 bits per heavy atom. The van der Waals surface area contributed by atoms with Crippen LogP contribution in [0.3, 0.4) is 0 Å². The Balaban J connectivity index is 3.27. The van der Waals surface area contributed by atoms with Crippen LogP contribution in [0.4, 0.5) is 5.69 Å². The number of nitrogens with zero attached hydrogens (tertiary/aromatic N) is 1. The summed E-state index contributed by atoms with van der Waals surface area (Å²) < 4.78 is 53.8. The van der Waals surface area contributed by atoms with Crippen LogP contribution in [0, 0.1) is 11.3 Å². The first-order valence-corrected chi connectivity index (χ1v) is 8.87. The summed E-state index contributed by atoms with van der Waals surface area (Å²) in [6.45, 7) is 1.55. The molecule has 1 unspecified atom stereocenters. The van der Waals surface area contributed by atoms with E-state index in [1.54, 1.807) is 13.0 Å². The van der Waals surface area contributed by atoms with Crippen molar-refractivity contribution in [1.29, 1.82) is 5.26 Å². The molecule has 0 saturated carbocycles. The van der Waals surface area contributed by atoms with Gasteiger partial charge in [0.2, 0.25) is 20.0 Å². The lowest BCUT2D eigenvalue weighted by Crippen LogP contribution is -2.26. The van der Waals surface area contributed by atoms with Gasteiger partial charge in [-0.2, -0.15) is 5.26 Å². The van der Waals surface area contributed by atoms with Gasteiger partial charge in [0.1, 0.15) is 10.6 Å². The zero-order chi connectivity index (χ0) is 16.3. The highest BCUT2D eigenvalue weighted by atomic mass is 32.2. The second-order valence-corrected chi connectivity index (χ2v) is 7.48. The Morgan fingerprint density at radius 3 is 2.43 bits per heavy atom. The van der Waals surface area contributed by atoms with Crippen molar-refractivity contribution >= 4 is 25.7 Å². The van der Waals surface area contributed by atoms with Crippen LogP contribution in [-0.2, 0) is 20.0 Å². The predicted octanol–water partition coefficient (Wildman–Crippen LogP) is 0.386. The first kappa shape index (κ1) is 17.2. The molecule has 3 N–H and O–H groups in total. The molecule has 0 saturated heterocycles. The number of primary sulfonamides is 1. The molecule has 1 aromatic carbocycles. The maximum absolute atomic E-state index is 11.9. The molecule has 0 aromatic heterocycles. The predicted molar refractivity (Wildman–Crippen MR) is 76.6 cm³/mol. The van der Waals surface area contributed by atoms with Crippen LogP contribution in [0.25, 0.3) is 0 Å². The Bertz CT molecular complexity index is 766. The first-order valence-electron chi connectivity index (χ1n) is 5.77. The van der Waals surface area contributed by atoms with Gasteiger partial charge in [0.25, 0.3) is 0 Å². The van der Waals surface area contributed by atoms with E-state index in [0.29, 0.717) is 0 Å². The van der Waals surface area contributed by atoms with Crippen molar-refractivity contribution in [2.75, 3.05) is 11.8 Å². The van der Waals surface area contributed by atoms with Crippen molar-refractivity contribution in [1.82, 2.24) is 0 Å². The van der Waals surface area contributed by atoms with Crippen molar-refractivity contribution in [3.8, 4) is 11.8 Å². The van der Waals surface area contributed by atoms with Gasteiger partial charge < -0.3 is 4.74 Å². The van der Waals surface area contributed by atoms with Crippen molar-refractivity contribution < 1.29 is 21.6 Å². The number of ether oxygens (including phenoxy) is 1. The van der Waals surface area contributed by atoms with Crippen LogP contribution in [0.15, 0.2) is 23.1 Å². The number of benzene rings is 1. The van der Waals surface area contributed by atoms with E-state index in [1.807, 2.05) is 0 Å². The van der Waals surface area contributed by atoms with Crippen LogP contribution in [-0.4, -0.2) is 29.2 Å². The van der Waals surface area contributed by atoms with Crippen LogP contribution in [0.5, 0.6) is 5.75 Å². The van der Waals surface area contributed by atoms with Crippen LogP contribution in [0.2, 0.25) is 0 Å². The molecular weight excluding hydrogens is 318 g/mol. The summed E-state index contributed by atoms with van der Waals surface area (Å²) in [5.41, 5.74) is -0.0199. The molecule has 10 heteroatoms. The van der Waals surface area contributed by atoms with E-state index in [0.717, 1.165) is 6.07 Å². The van der Waals surface area contributed by atoms with Crippen molar-refractivity contribution in [3.05, 3.63) is 18.2 Å². The highest BCUT2D eigenvalue weighted by Crippen LogP contribution is 2.27. The molecule has 0 bridgehead atoms. The zero-order valence-electron chi connectivity index (χ0n) is 11.4. The quantitative estimate of drug-likeness (QED) is 0.771. The molecule has 0 fully saturated rings. The van der Waals surface area contributed by atoms with Crippen molar-refractivity contribution in [3.63, 3.8) is 0 Å². The highest BCUT2D eigenvalue weighted by Gasteiger charge is 2.24. The van der Waals surface area contributed by atoms with Crippen LogP contribution in [0.1, 0.15) is 13.3 Å². The summed E-state index contributed by atoms with van der Waals surface area (Å²) in [6, 6.07) is 5.28. The van der Waals surface area contributed by atoms with Gasteiger partial charge in [0, 0.05) is 0 Å².